The third-order valence-electron chi connectivity index (χ3n) is 2.22. The molecule has 1 aromatic rings. The van der Waals surface area contributed by atoms with E-state index in [4.69, 9.17) is 9.57 Å². The molecule has 0 saturated carbocycles. The van der Waals surface area contributed by atoms with Crippen molar-refractivity contribution < 1.29 is 18.8 Å². The molecule has 0 unspecified atom stereocenters. The van der Waals surface area contributed by atoms with Crippen LogP contribution in [0.4, 0.5) is 4.39 Å². The van der Waals surface area contributed by atoms with E-state index in [-0.39, 0.29) is 18.3 Å². The van der Waals surface area contributed by atoms with Crippen molar-refractivity contribution in [3.05, 3.63) is 30.1 Å². The number of ether oxygens (including phenoxy) is 1. The minimum atomic E-state index is -0.365. The molecular weight excluding hydrogens is 237 g/mol. The van der Waals surface area contributed by atoms with E-state index in [1.165, 1.54) is 24.3 Å². The number of rotatable bonds is 8. The summed E-state index contributed by atoms with van der Waals surface area (Å²) in [6.07, 6.45) is 3.15. The Bertz CT molecular complexity index is 354. The number of amides is 1. The first kappa shape index (κ1) is 14.4. The Morgan fingerprint density at radius 1 is 1.28 bits per heavy atom. The molecule has 0 atom stereocenters. The molecule has 0 spiro atoms. The summed E-state index contributed by atoms with van der Waals surface area (Å²) < 4.78 is 17.7. The molecule has 0 aliphatic carbocycles. The highest BCUT2D eigenvalue weighted by Gasteiger charge is 2.02. The summed E-state index contributed by atoms with van der Waals surface area (Å²) in [7, 11) is 0. The molecule has 18 heavy (non-hydrogen) atoms. The van der Waals surface area contributed by atoms with E-state index in [0.29, 0.717) is 12.4 Å². The van der Waals surface area contributed by atoms with Crippen molar-refractivity contribution in [2.75, 3.05) is 13.2 Å². The highest BCUT2D eigenvalue weighted by Crippen LogP contribution is 2.09. The lowest BCUT2D eigenvalue weighted by Crippen LogP contribution is -2.30. The van der Waals surface area contributed by atoms with Crippen molar-refractivity contribution in [3.63, 3.8) is 0 Å². The maximum atomic E-state index is 12.6. The SMILES string of the molecule is CCCCCOCC(=O)NOc1ccc(F)cc1. The lowest BCUT2D eigenvalue weighted by atomic mass is 10.3. The van der Waals surface area contributed by atoms with Crippen LogP contribution < -0.4 is 10.3 Å². The summed E-state index contributed by atoms with van der Waals surface area (Å²) in [5, 5.41) is 0. The van der Waals surface area contributed by atoms with Gasteiger partial charge in [0.15, 0.2) is 5.75 Å². The topological polar surface area (TPSA) is 47.6 Å². The number of nitrogens with one attached hydrogen (secondary N) is 1. The molecule has 4 nitrogen and oxygen atoms in total. The normalized spacial score (nSPS) is 10.1. The number of benzene rings is 1. The van der Waals surface area contributed by atoms with Crippen molar-refractivity contribution in [3.8, 4) is 5.75 Å². The Balaban J connectivity index is 2.11. The van der Waals surface area contributed by atoms with Gasteiger partial charge in [-0.05, 0) is 30.7 Å². The summed E-state index contributed by atoms with van der Waals surface area (Å²) in [6, 6.07) is 5.36. The van der Waals surface area contributed by atoms with E-state index in [1.54, 1.807) is 0 Å². The van der Waals surface area contributed by atoms with Crippen LogP contribution in [-0.4, -0.2) is 19.1 Å². The molecule has 1 rings (SSSR count). The van der Waals surface area contributed by atoms with Crippen molar-refractivity contribution in [2.24, 2.45) is 0 Å². The highest BCUT2D eigenvalue weighted by molar-refractivity contribution is 5.76. The molecular formula is C13H18FNO3. The number of halogens is 1. The van der Waals surface area contributed by atoms with Gasteiger partial charge in [0.05, 0.1) is 0 Å². The van der Waals surface area contributed by atoms with E-state index in [1.807, 2.05) is 0 Å². The molecule has 0 aliphatic heterocycles. The summed E-state index contributed by atoms with van der Waals surface area (Å²) in [6.45, 7) is 2.63. The van der Waals surface area contributed by atoms with Gasteiger partial charge in [-0.15, -0.1) is 0 Å². The molecule has 5 heteroatoms. The zero-order chi connectivity index (χ0) is 13.2. The molecule has 0 aromatic heterocycles. The van der Waals surface area contributed by atoms with Gasteiger partial charge < -0.3 is 9.57 Å². The lowest BCUT2D eigenvalue weighted by molar-refractivity contribution is -0.132. The Kier molecular flexibility index (Phi) is 6.79. The number of unbranched alkanes of at least 4 members (excludes halogenated alkanes) is 2. The number of hydroxylamine groups is 1. The van der Waals surface area contributed by atoms with Crippen molar-refractivity contribution in [2.45, 2.75) is 26.2 Å². The predicted octanol–water partition coefficient (Wildman–Crippen LogP) is 2.44. The van der Waals surface area contributed by atoms with E-state index >= 15 is 0 Å². The molecule has 0 bridgehead atoms. The van der Waals surface area contributed by atoms with Crippen molar-refractivity contribution >= 4 is 5.91 Å². The fourth-order valence-corrected chi connectivity index (χ4v) is 1.27. The van der Waals surface area contributed by atoms with Crippen LogP contribution in [-0.2, 0) is 9.53 Å². The molecule has 1 N–H and O–H groups in total. The molecule has 0 fully saturated rings. The predicted molar refractivity (Wildman–Crippen MR) is 65.5 cm³/mol. The van der Waals surface area contributed by atoms with Crippen LogP contribution in [0, 0.1) is 5.82 Å². The molecule has 0 saturated heterocycles. The van der Waals surface area contributed by atoms with E-state index in [9.17, 15) is 9.18 Å². The molecule has 0 heterocycles. The van der Waals surface area contributed by atoms with Crippen LogP contribution >= 0.6 is 0 Å². The third kappa shape index (κ3) is 6.20. The average molecular weight is 255 g/mol. The van der Waals surface area contributed by atoms with Crippen LogP contribution in [0.5, 0.6) is 5.75 Å². The van der Waals surface area contributed by atoms with Gasteiger partial charge in [-0.2, -0.15) is 5.48 Å². The summed E-state index contributed by atoms with van der Waals surface area (Å²) >= 11 is 0. The van der Waals surface area contributed by atoms with Gasteiger partial charge in [-0.3, -0.25) is 4.79 Å². The Morgan fingerprint density at radius 3 is 2.67 bits per heavy atom. The van der Waals surface area contributed by atoms with Crippen LogP contribution in [0.25, 0.3) is 0 Å². The molecule has 1 aromatic carbocycles. The molecule has 0 aliphatic rings. The fourth-order valence-electron chi connectivity index (χ4n) is 1.27. The zero-order valence-electron chi connectivity index (χ0n) is 10.4. The van der Waals surface area contributed by atoms with Gasteiger partial charge in [0.25, 0.3) is 5.91 Å². The van der Waals surface area contributed by atoms with Gasteiger partial charge in [0, 0.05) is 6.61 Å². The Hall–Kier alpha value is -1.62. The molecule has 1 amide bonds. The zero-order valence-corrected chi connectivity index (χ0v) is 10.4. The lowest BCUT2D eigenvalue weighted by Gasteiger charge is -2.07. The maximum Gasteiger partial charge on any atom is 0.278 e. The third-order valence-corrected chi connectivity index (χ3v) is 2.22. The Labute approximate surface area is 106 Å². The average Bonchev–Trinajstić information content (AvgIpc) is 2.38. The van der Waals surface area contributed by atoms with Gasteiger partial charge in [0.2, 0.25) is 0 Å². The number of hydrogen-bond donors (Lipinski definition) is 1. The highest BCUT2D eigenvalue weighted by atomic mass is 19.1. The number of hydrogen-bond acceptors (Lipinski definition) is 3. The molecule has 100 valence electrons. The van der Waals surface area contributed by atoms with Gasteiger partial charge in [-0.25, -0.2) is 4.39 Å². The monoisotopic (exact) mass is 255 g/mol. The van der Waals surface area contributed by atoms with Crippen LogP contribution in [0.1, 0.15) is 26.2 Å². The maximum absolute atomic E-state index is 12.6. The summed E-state index contributed by atoms with van der Waals surface area (Å²) in [5.41, 5.74) is 2.22. The van der Waals surface area contributed by atoms with Crippen LogP contribution in [0.15, 0.2) is 24.3 Å². The van der Waals surface area contributed by atoms with Gasteiger partial charge in [0.1, 0.15) is 12.4 Å². The first-order valence-corrected chi connectivity index (χ1v) is 6.01. The largest absolute Gasteiger partial charge is 0.379 e. The summed E-state index contributed by atoms with van der Waals surface area (Å²) in [5.74, 6) is -0.348. The first-order valence-electron chi connectivity index (χ1n) is 6.01. The fraction of sp³-hybridized carbons (Fsp3) is 0.462. The second kappa shape index (κ2) is 8.47. The minimum absolute atomic E-state index is 0.0368. The minimum Gasteiger partial charge on any atom is -0.379 e. The smallest absolute Gasteiger partial charge is 0.278 e. The quantitative estimate of drug-likeness (QED) is 0.573. The summed E-state index contributed by atoms with van der Waals surface area (Å²) in [4.78, 5) is 16.2. The van der Waals surface area contributed by atoms with E-state index < -0.39 is 0 Å². The van der Waals surface area contributed by atoms with E-state index in [2.05, 4.69) is 12.4 Å². The second-order valence-corrected chi connectivity index (χ2v) is 3.84. The van der Waals surface area contributed by atoms with Crippen LogP contribution in [0.3, 0.4) is 0 Å². The standard InChI is InChI=1S/C13H18FNO3/c1-2-3-4-9-17-10-13(16)15-18-12-7-5-11(14)6-8-12/h5-8H,2-4,9-10H2,1H3,(H,15,16). The van der Waals surface area contributed by atoms with Crippen molar-refractivity contribution in [1.82, 2.24) is 5.48 Å². The number of carbonyl (C=O) groups excluding carboxylic acids is 1. The number of carbonyl (C=O) groups is 1. The first-order chi connectivity index (χ1) is 8.72. The molecule has 0 radical (unpaired) electrons. The van der Waals surface area contributed by atoms with Crippen molar-refractivity contribution in [1.29, 1.82) is 0 Å². The van der Waals surface area contributed by atoms with Gasteiger partial charge >= 0.3 is 0 Å². The van der Waals surface area contributed by atoms with Crippen LogP contribution in [0.2, 0.25) is 0 Å². The van der Waals surface area contributed by atoms with E-state index in [0.717, 1.165) is 19.3 Å². The van der Waals surface area contributed by atoms with Gasteiger partial charge in [-0.1, -0.05) is 19.8 Å². The Morgan fingerprint density at radius 2 is 2.00 bits per heavy atom. The second-order valence-electron chi connectivity index (χ2n) is 3.84.